The maximum atomic E-state index is 11.8. The third-order valence-electron chi connectivity index (χ3n) is 4.60. The highest BCUT2D eigenvalue weighted by Crippen LogP contribution is 2.16. The molecule has 1 aliphatic heterocycles. The van der Waals surface area contributed by atoms with Crippen molar-refractivity contribution in [2.45, 2.75) is 26.9 Å². The van der Waals surface area contributed by atoms with Crippen LogP contribution in [-0.4, -0.2) is 38.1 Å². The monoisotopic (exact) mass is 393 g/mol. The zero-order valence-corrected chi connectivity index (χ0v) is 17.0. The predicted octanol–water partition coefficient (Wildman–Crippen LogP) is 4.48. The smallest absolute Gasteiger partial charge is 0.221 e. The van der Waals surface area contributed by atoms with Gasteiger partial charge in [-0.3, -0.25) is 4.79 Å². The van der Waals surface area contributed by atoms with Crippen molar-refractivity contribution in [1.29, 1.82) is 0 Å². The van der Waals surface area contributed by atoms with E-state index in [0.29, 0.717) is 38.9 Å². The van der Waals surface area contributed by atoms with Crippen LogP contribution in [0.15, 0.2) is 65.3 Å². The Bertz CT molecular complexity index is 887. The zero-order valence-electron chi connectivity index (χ0n) is 17.0. The van der Waals surface area contributed by atoms with Crippen LogP contribution in [0.1, 0.15) is 40.4 Å². The van der Waals surface area contributed by atoms with E-state index in [0.717, 1.165) is 34.4 Å². The van der Waals surface area contributed by atoms with E-state index in [2.05, 4.69) is 4.99 Å². The van der Waals surface area contributed by atoms with Gasteiger partial charge in [0.25, 0.3) is 0 Å². The number of aryl methyl sites for hydroxylation is 1. The number of hydrogen-bond donors (Lipinski definition) is 0. The summed E-state index contributed by atoms with van der Waals surface area (Å²) >= 11 is 0. The van der Waals surface area contributed by atoms with E-state index in [1.165, 1.54) is 0 Å². The van der Waals surface area contributed by atoms with Gasteiger partial charge < -0.3 is 14.2 Å². The number of hydrogen-bond acceptors (Lipinski definition) is 5. The molecule has 0 fully saturated rings. The fraction of sp³-hybridized carbons (Fsp3) is 0.333. The summed E-state index contributed by atoms with van der Waals surface area (Å²) in [6.07, 6.45) is 2.71. The number of benzene rings is 2. The van der Waals surface area contributed by atoms with Gasteiger partial charge in [0.2, 0.25) is 5.90 Å². The molecule has 3 rings (SSSR count). The average Bonchev–Trinajstić information content (AvgIpc) is 2.73. The van der Waals surface area contributed by atoms with Crippen molar-refractivity contribution < 1.29 is 19.0 Å². The summed E-state index contributed by atoms with van der Waals surface area (Å²) in [6, 6.07) is 15.7. The molecule has 0 aromatic heterocycles. The lowest BCUT2D eigenvalue weighted by Gasteiger charge is -2.15. The summed E-state index contributed by atoms with van der Waals surface area (Å²) < 4.78 is 17.1. The third-order valence-corrected chi connectivity index (χ3v) is 4.60. The molecular formula is C24H27NO4. The van der Waals surface area contributed by atoms with Gasteiger partial charge in [0.1, 0.15) is 6.61 Å². The quantitative estimate of drug-likeness (QED) is 0.441. The molecule has 0 spiro atoms. The first-order chi connectivity index (χ1) is 14.1. The molecule has 0 amide bonds. The van der Waals surface area contributed by atoms with E-state index in [-0.39, 0.29) is 5.78 Å². The number of ether oxygens (including phenoxy) is 3. The Morgan fingerprint density at radius 2 is 1.79 bits per heavy atom. The number of ketones is 1. The number of carbonyl (C=O) groups is 1. The number of Topliss-reactive ketones (excluding diaryl/α,β-unsaturated/α-hetero) is 1. The van der Waals surface area contributed by atoms with Crippen molar-refractivity contribution in [3.63, 3.8) is 0 Å². The number of carbonyl (C=O) groups excluding carboxylic acids is 1. The maximum absolute atomic E-state index is 11.8. The number of nitrogens with zero attached hydrogens (tertiary/aromatic N) is 1. The Morgan fingerprint density at radius 1 is 1.03 bits per heavy atom. The van der Waals surface area contributed by atoms with E-state index < -0.39 is 0 Å². The van der Waals surface area contributed by atoms with Gasteiger partial charge in [-0.25, -0.2) is 4.99 Å². The van der Waals surface area contributed by atoms with Gasteiger partial charge in [-0.05, 0) is 49.6 Å². The highest BCUT2D eigenvalue weighted by Gasteiger charge is 2.11. The lowest BCUT2D eigenvalue weighted by atomic mass is 9.99. The SMILES string of the molecule is CC(=O)c1c(C)cccc1COCCCOCC1=CCOC(c2ccccc2)=N1. The first-order valence-electron chi connectivity index (χ1n) is 9.86. The molecule has 0 saturated heterocycles. The average molecular weight is 393 g/mol. The summed E-state index contributed by atoms with van der Waals surface area (Å²) in [5.41, 5.74) is 4.53. The molecule has 0 N–H and O–H groups in total. The molecule has 1 aliphatic rings. The second kappa shape index (κ2) is 10.7. The normalized spacial score (nSPS) is 13.4. The van der Waals surface area contributed by atoms with Crippen LogP contribution >= 0.6 is 0 Å². The second-order valence-corrected chi connectivity index (χ2v) is 6.91. The molecule has 0 aliphatic carbocycles. The molecular weight excluding hydrogens is 366 g/mol. The fourth-order valence-electron chi connectivity index (χ4n) is 3.22. The summed E-state index contributed by atoms with van der Waals surface area (Å²) in [5.74, 6) is 0.708. The van der Waals surface area contributed by atoms with Crippen LogP contribution in [0.2, 0.25) is 0 Å². The molecule has 5 nitrogen and oxygen atoms in total. The first-order valence-corrected chi connectivity index (χ1v) is 9.86. The molecule has 1 heterocycles. The van der Waals surface area contributed by atoms with Crippen LogP contribution in [0.25, 0.3) is 0 Å². The minimum atomic E-state index is 0.0743. The van der Waals surface area contributed by atoms with Gasteiger partial charge in [-0.15, -0.1) is 0 Å². The lowest BCUT2D eigenvalue weighted by molar-refractivity contribution is 0.0812. The highest BCUT2D eigenvalue weighted by atomic mass is 16.5. The molecule has 0 radical (unpaired) electrons. The van der Waals surface area contributed by atoms with Gasteiger partial charge >= 0.3 is 0 Å². The van der Waals surface area contributed by atoms with Crippen LogP contribution < -0.4 is 0 Å². The molecule has 0 saturated carbocycles. The van der Waals surface area contributed by atoms with Crippen molar-refractivity contribution >= 4 is 11.7 Å². The van der Waals surface area contributed by atoms with Crippen molar-refractivity contribution in [1.82, 2.24) is 0 Å². The van der Waals surface area contributed by atoms with E-state index in [1.54, 1.807) is 6.92 Å². The Balaban J connectivity index is 1.37. The van der Waals surface area contributed by atoms with Gasteiger partial charge in [0, 0.05) is 24.3 Å². The molecule has 2 aromatic rings. The Hall–Kier alpha value is -2.76. The van der Waals surface area contributed by atoms with Crippen molar-refractivity contribution in [2.24, 2.45) is 4.99 Å². The van der Waals surface area contributed by atoms with Gasteiger partial charge in [-0.2, -0.15) is 0 Å². The largest absolute Gasteiger partial charge is 0.473 e. The molecule has 29 heavy (non-hydrogen) atoms. The number of rotatable bonds is 10. The van der Waals surface area contributed by atoms with E-state index in [4.69, 9.17) is 14.2 Å². The van der Waals surface area contributed by atoms with Crippen LogP contribution in [0, 0.1) is 6.92 Å². The molecule has 0 atom stereocenters. The van der Waals surface area contributed by atoms with Gasteiger partial charge in [0.05, 0.1) is 18.9 Å². The van der Waals surface area contributed by atoms with Crippen LogP contribution in [0.4, 0.5) is 0 Å². The minimum Gasteiger partial charge on any atom is -0.473 e. The Kier molecular flexibility index (Phi) is 7.73. The minimum absolute atomic E-state index is 0.0743. The standard InChI is InChI=1S/C24H27NO4/c1-18-8-6-11-21(23(18)19(2)26)16-27-13-7-14-28-17-22-12-15-29-24(25-22)20-9-4-3-5-10-20/h3-6,8-12H,7,13-17H2,1-2H3. The molecule has 0 unspecified atom stereocenters. The second-order valence-electron chi connectivity index (χ2n) is 6.91. The van der Waals surface area contributed by atoms with Crippen molar-refractivity contribution in [3.05, 3.63) is 82.6 Å². The molecule has 0 bridgehead atoms. The Labute approximate surface area is 172 Å². The van der Waals surface area contributed by atoms with Crippen molar-refractivity contribution in [3.8, 4) is 0 Å². The molecule has 5 heteroatoms. The van der Waals surface area contributed by atoms with Crippen LogP contribution in [-0.2, 0) is 20.8 Å². The summed E-state index contributed by atoms with van der Waals surface area (Å²) in [6.45, 7) is 6.09. The lowest BCUT2D eigenvalue weighted by Crippen LogP contribution is -2.14. The summed E-state index contributed by atoms with van der Waals surface area (Å²) in [7, 11) is 0. The van der Waals surface area contributed by atoms with Gasteiger partial charge in [-0.1, -0.05) is 36.4 Å². The topological polar surface area (TPSA) is 57.1 Å². The van der Waals surface area contributed by atoms with E-state index in [1.807, 2.05) is 61.5 Å². The fourth-order valence-corrected chi connectivity index (χ4v) is 3.22. The number of aliphatic imine (C=N–C) groups is 1. The van der Waals surface area contributed by atoms with Crippen molar-refractivity contribution in [2.75, 3.05) is 26.4 Å². The maximum Gasteiger partial charge on any atom is 0.221 e. The Morgan fingerprint density at radius 3 is 2.55 bits per heavy atom. The summed E-state index contributed by atoms with van der Waals surface area (Å²) in [5, 5.41) is 0. The van der Waals surface area contributed by atoms with E-state index in [9.17, 15) is 4.79 Å². The zero-order chi connectivity index (χ0) is 20.5. The van der Waals surface area contributed by atoms with E-state index >= 15 is 0 Å². The highest BCUT2D eigenvalue weighted by molar-refractivity contribution is 5.97. The van der Waals surface area contributed by atoms with Gasteiger partial charge in [0.15, 0.2) is 5.78 Å². The molecule has 2 aromatic carbocycles. The predicted molar refractivity (Wildman–Crippen MR) is 113 cm³/mol. The summed E-state index contributed by atoms with van der Waals surface area (Å²) in [4.78, 5) is 16.4. The van der Waals surface area contributed by atoms with Crippen LogP contribution in [0.3, 0.4) is 0 Å². The molecule has 152 valence electrons. The first kappa shape index (κ1) is 21.0. The van der Waals surface area contributed by atoms with Crippen LogP contribution in [0.5, 0.6) is 0 Å². The third kappa shape index (κ3) is 6.11.